The first-order valence-electron chi connectivity index (χ1n) is 8.65. The van der Waals surface area contributed by atoms with Crippen LogP contribution in [0, 0.1) is 0 Å². The highest BCUT2D eigenvalue weighted by molar-refractivity contribution is 7.99. The first-order chi connectivity index (χ1) is 13.1. The second-order valence-corrected chi connectivity index (χ2v) is 7.01. The molecule has 2 N–H and O–H groups in total. The second kappa shape index (κ2) is 8.68. The Morgan fingerprint density at radius 3 is 2.56 bits per heavy atom. The Balaban J connectivity index is 1.58. The first kappa shape index (κ1) is 18.9. The summed E-state index contributed by atoms with van der Waals surface area (Å²) in [6.07, 6.45) is 0.993. The van der Waals surface area contributed by atoms with Gasteiger partial charge in [0.25, 0.3) is 0 Å². The van der Waals surface area contributed by atoms with Gasteiger partial charge in [-0.3, -0.25) is 4.79 Å². The molecule has 0 radical (unpaired) electrons. The zero-order chi connectivity index (χ0) is 19.2. The molecule has 0 aliphatic carbocycles. The van der Waals surface area contributed by atoms with Crippen LogP contribution in [0.3, 0.4) is 0 Å². The van der Waals surface area contributed by atoms with E-state index in [9.17, 15) is 9.90 Å². The molecule has 27 heavy (non-hydrogen) atoms. The summed E-state index contributed by atoms with van der Waals surface area (Å²) in [4.78, 5) is 12.3. The summed E-state index contributed by atoms with van der Waals surface area (Å²) < 4.78 is 1.53. The zero-order valence-corrected chi connectivity index (χ0v) is 16.0. The van der Waals surface area contributed by atoms with Crippen LogP contribution in [-0.4, -0.2) is 37.0 Å². The predicted molar refractivity (Wildman–Crippen MR) is 104 cm³/mol. The molecule has 0 aliphatic rings. The number of phenols is 1. The average molecular weight is 383 g/mol. The topological polar surface area (TPSA) is 92.9 Å². The van der Waals surface area contributed by atoms with Crippen LogP contribution in [0.25, 0.3) is 5.69 Å². The Kier molecular flexibility index (Phi) is 6.08. The molecule has 1 atom stereocenters. The van der Waals surface area contributed by atoms with Gasteiger partial charge in [-0.2, -0.15) is 4.68 Å². The maximum Gasteiger partial charge on any atom is 0.230 e. The van der Waals surface area contributed by atoms with Gasteiger partial charge < -0.3 is 10.4 Å². The number of amides is 1. The number of aromatic hydroxyl groups is 1. The number of benzene rings is 2. The monoisotopic (exact) mass is 383 g/mol. The van der Waals surface area contributed by atoms with E-state index in [1.807, 2.05) is 19.1 Å². The lowest BCUT2D eigenvalue weighted by Gasteiger charge is -2.14. The Labute approximate surface area is 161 Å². The second-order valence-electron chi connectivity index (χ2n) is 6.06. The van der Waals surface area contributed by atoms with Crippen molar-refractivity contribution in [3.8, 4) is 11.4 Å². The molecule has 8 heteroatoms. The molecule has 0 fully saturated rings. The van der Waals surface area contributed by atoms with E-state index in [-0.39, 0.29) is 23.5 Å². The molecule has 140 valence electrons. The van der Waals surface area contributed by atoms with Crippen LogP contribution in [0.5, 0.6) is 5.75 Å². The molecule has 0 unspecified atom stereocenters. The van der Waals surface area contributed by atoms with Crippen LogP contribution >= 0.6 is 11.8 Å². The molecule has 1 aromatic heterocycles. The Morgan fingerprint density at radius 2 is 1.89 bits per heavy atom. The van der Waals surface area contributed by atoms with Crippen LogP contribution in [0.4, 0.5) is 0 Å². The molecule has 0 saturated heterocycles. The molecular weight excluding hydrogens is 362 g/mol. The van der Waals surface area contributed by atoms with Crippen molar-refractivity contribution >= 4 is 17.7 Å². The van der Waals surface area contributed by atoms with E-state index in [4.69, 9.17) is 0 Å². The van der Waals surface area contributed by atoms with Gasteiger partial charge in [0, 0.05) is 0 Å². The predicted octanol–water partition coefficient (Wildman–Crippen LogP) is 2.90. The summed E-state index contributed by atoms with van der Waals surface area (Å²) in [5, 5.41) is 24.5. The Hall–Kier alpha value is -2.87. The van der Waals surface area contributed by atoms with Crippen molar-refractivity contribution in [1.82, 2.24) is 25.5 Å². The van der Waals surface area contributed by atoms with Crippen LogP contribution in [-0.2, 0) is 11.2 Å². The van der Waals surface area contributed by atoms with Gasteiger partial charge in [0.15, 0.2) is 0 Å². The highest BCUT2D eigenvalue weighted by atomic mass is 32.2. The minimum absolute atomic E-state index is 0.0721. The number of carbonyl (C=O) groups excluding carboxylic acids is 1. The maximum absolute atomic E-state index is 12.3. The summed E-state index contributed by atoms with van der Waals surface area (Å²) in [6, 6.07) is 14.7. The van der Waals surface area contributed by atoms with Crippen molar-refractivity contribution in [2.24, 2.45) is 0 Å². The van der Waals surface area contributed by atoms with Gasteiger partial charge in [-0.25, -0.2) is 0 Å². The molecule has 3 aromatic rings. The smallest absolute Gasteiger partial charge is 0.230 e. The molecule has 7 nitrogen and oxygen atoms in total. The van der Waals surface area contributed by atoms with Crippen molar-refractivity contribution in [3.63, 3.8) is 0 Å². The molecule has 0 bridgehead atoms. The molecule has 1 heterocycles. The molecule has 2 aromatic carbocycles. The van der Waals surface area contributed by atoms with Crippen molar-refractivity contribution in [2.75, 3.05) is 5.75 Å². The number of nitrogens with zero attached hydrogens (tertiary/aromatic N) is 4. The van der Waals surface area contributed by atoms with E-state index in [0.717, 1.165) is 12.0 Å². The molecule has 0 saturated carbocycles. The molecule has 0 spiro atoms. The molecule has 0 aliphatic heterocycles. The van der Waals surface area contributed by atoms with Gasteiger partial charge in [-0.1, -0.05) is 43.0 Å². The quantitative estimate of drug-likeness (QED) is 0.610. The summed E-state index contributed by atoms with van der Waals surface area (Å²) >= 11 is 1.26. The van der Waals surface area contributed by atoms with Crippen LogP contribution in [0.1, 0.15) is 31.0 Å². The van der Waals surface area contributed by atoms with Gasteiger partial charge in [0.05, 0.1) is 17.5 Å². The fraction of sp³-hybridized carbons (Fsp3) is 0.263. The number of phenolic OH excluding ortho intramolecular Hbond substituents is 1. The van der Waals surface area contributed by atoms with E-state index in [1.54, 1.807) is 24.3 Å². The van der Waals surface area contributed by atoms with Crippen LogP contribution in [0.15, 0.2) is 53.7 Å². The normalized spacial score (nSPS) is 11.9. The van der Waals surface area contributed by atoms with Gasteiger partial charge in [0.1, 0.15) is 5.75 Å². The van der Waals surface area contributed by atoms with Crippen molar-refractivity contribution in [2.45, 2.75) is 31.5 Å². The van der Waals surface area contributed by atoms with E-state index in [1.165, 1.54) is 22.0 Å². The fourth-order valence-corrected chi connectivity index (χ4v) is 3.27. The summed E-state index contributed by atoms with van der Waals surface area (Å²) in [5.74, 6) is 0.282. The average Bonchev–Trinajstić information content (AvgIpc) is 3.15. The number of hydrogen-bond donors (Lipinski definition) is 2. The van der Waals surface area contributed by atoms with Crippen molar-refractivity contribution in [1.29, 1.82) is 0 Å². The number of thioether (sulfide) groups is 1. The third kappa shape index (κ3) is 4.85. The number of rotatable bonds is 7. The van der Waals surface area contributed by atoms with Gasteiger partial charge >= 0.3 is 0 Å². The molecular formula is C19H21N5O2S. The lowest BCUT2D eigenvalue weighted by Crippen LogP contribution is -2.28. The number of aryl methyl sites for hydroxylation is 1. The number of aromatic nitrogens is 4. The third-order valence-electron chi connectivity index (χ3n) is 4.13. The highest BCUT2D eigenvalue weighted by Gasteiger charge is 2.14. The highest BCUT2D eigenvalue weighted by Crippen LogP contribution is 2.20. The minimum Gasteiger partial charge on any atom is -0.508 e. The van der Waals surface area contributed by atoms with Gasteiger partial charge in [-0.05, 0) is 59.2 Å². The summed E-state index contributed by atoms with van der Waals surface area (Å²) in [5.41, 5.74) is 3.05. The molecule has 1 amide bonds. The summed E-state index contributed by atoms with van der Waals surface area (Å²) in [6.45, 7) is 4.08. The van der Waals surface area contributed by atoms with Crippen LogP contribution < -0.4 is 5.32 Å². The number of carbonyl (C=O) groups is 1. The third-order valence-corrected chi connectivity index (χ3v) is 5.05. The Morgan fingerprint density at radius 1 is 1.19 bits per heavy atom. The first-order valence-corrected chi connectivity index (χ1v) is 9.64. The lowest BCUT2D eigenvalue weighted by atomic mass is 10.1. The molecule has 3 rings (SSSR count). The minimum atomic E-state index is -0.0904. The van der Waals surface area contributed by atoms with Crippen molar-refractivity contribution in [3.05, 3.63) is 59.7 Å². The summed E-state index contributed by atoms with van der Waals surface area (Å²) in [7, 11) is 0. The number of tetrazole rings is 1. The van der Waals surface area contributed by atoms with E-state index in [2.05, 4.69) is 39.9 Å². The van der Waals surface area contributed by atoms with E-state index in [0.29, 0.717) is 10.8 Å². The maximum atomic E-state index is 12.3. The van der Waals surface area contributed by atoms with Gasteiger partial charge in [-0.15, -0.1) is 5.10 Å². The lowest BCUT2D eigenvalue weighted by molar-refractivity contribution is -0.119. The van der Waals surface area contributed by atoms with E-state index >= 15 is 0 Å². The van der Waals surface area contributed by atoms with Gasteiger partial charge in [0.2, 0.25) is 11.1 Å². The number of hydrogen-bond acceptors (Lipinski definition) is 6. The fourth-order valence-electron chi connectivity index (χ4n) is 2.56. The van der Waals surface area contributed by atoms with Crippen molar-refractivity contribution < 1.29 is 9.90 Å². The SMILES string of the molecule is CCc1ccc([C@H](C)NC(=O)CSc2nnnn2-c2ccc(O)cc2)cc1. The van der Waals surface area contributed by atoms with E-state index < -0.39 is 0 Å². The Bertz CT molecular complexity index is 893. The van der Waals surface area contributed by atoms with Crippen LogP contribution in [0.2, 0.25) is 0 Å². The number of nitrogens with one attached hydrogen (secondary N) is 1. The standard InChI is InChI=1S/C19H21N5O2S/c1-3-14-4-6-15(7-5-14)13(2)20-18(26)12-27-19-21-22-23-24(19)16-8-10-17(25)11-9-16/h4-11,13,25H,3,12H2,1-2H3,(H,20,26)/t13-/m0/s1. The largest absolute Gasteiger partial charge is 0.508 e. The zero-order valence-electron chi connectivity index (χ0n) is 15.2.